The molecule has 0 aromatic heterocycles. The Labute approximate surface area is 104 Å². The van der Waals surface area contributed by atoms with Crippen molar-refractivity contribution >= 4 is 21.8 Å². The van der Waals surface area contributed by atoms with E-state index in [0.29, 0.717) is 12.5 Å². The second-order valence-corrected chi connectivity index (χ2v) is 5.28. The van der Waals surface area contributed by atoms with Gasteiger partial charge in [-0.2, -0.15) is 0 Å². The summed E-state index contributed by atoms with van der Waals surface area (Å²) in [6, 6.07) is 5.81. The Hall–Kier alpha value is -1.03. The van der Waals surface area contributed by atoms with Crippen LogP contribution in [0.15, 0.2) is 27.7 Å². The Balaban J connectivity index is 2.42. The van der Waals surface area contributed by atoms with Gasteiger partial charge in [0.2, 0.25) is 5.90 Å². The maximum Gasteiger partial charge on any atom is 0.220 e. The summed E-state index contributed by atoms with van der Waals surface area (Å²) in [6.07, 6.45) is 0. The first-order valence-electron chi connectivity index (χ1n) is 5.08. The Bertz CT molecular complexity index is 441. The minimum atomic E-state index is -0.145. The first-order valence-corrected chi connectivity index (χ1v) is 5.88. The molecule has 1 aliphatic heterocycles. The number of nitrogens with zero attached hydrogens (tertiary/aromatic N) is 1. The SMILES string of the molecule is COc1cc(Br)ccc1C1=NC(C)(C)CO1. The molecule has 0 spiro atoms. The molecule has 0 bridgehead atoms. The van der Waals surface area contributed by atoms with Gasteiger partial charge in [-0.15, -0.1) is 0 Å². The quantitative estimate of drug-likeness (QED) is 0.835. The monoisotopic (exact) mass is 283 g/mol. The van der Waals surface area contributed by atoms with Crippen LogP contribution in [0.1, 0.15) is 19.4 Å². The summed E-state index contributed by atoms with van der Waals surface area (Å²) in [5.41, 5.74) is 0.754. The van der Waals surface area contributed by atoms with E-state index in [1.807, 2.05) is 32.0 Å². The van der Waals surface area contributed by atoms with Gasteiger partial charge in [-0.05, 0) is 32.0 Å². The molecular formula is C12H14BrNO2. The molecule has 0 saturated carbocycles. The van der Waals surface area contributed by atoms with Crippen molar-refractivity contribution in [3.05, 3.63) is 28.2 Å². The summed E-state index contributed by atoms with van der Waals surface area (Å²) >= 11 is 3.41. The van der Waals surface area contributed by atoms with Crippen LogP contribution in [0.25, 0.3) is 0 Å². The molecule has 4 heteroatoms. The fourth-order valence-electron chi connectivity index (χ4n) is 1.56. The van der Waals surface area contributed by atoms with Crippen molar-refractivity contribution in [2.45, 2.75) is 19.4 Å². The summed E-state index contributed by atoms with van der Waals surface area (Å²) < 4.78 is 11.9. The summed E-state index contributed by atoms with van der Waals surface area (Å²) in [6.45, 7) is 4.71. The lowest BCUT2D eigenvalue weighted by molar-refractivity contribution is 0.278. The average Bonchev–Trinajstić information content (AvgIpc) is 2.58. The second-order valence-electron chi connectivity index (χ2n) is 4.36. The van der Waals surface area contributed by atoms with Crippen molar-refractivity contribution in [1.29, 1.82) is 0 Å². The molecule has 86 valence electrons. The summed E-state index contributed by atoms with van der Waals surface area (Å²) in [5, 5.41) is 0. The molecule has 0 saturated heterocycles. The highest BCUT2D eigenvalue weighted by atomic mass is 79.9. The molecular weight excluding hydrogens is 270 g/mol. The highest BCUT2D eigenvalue weighted by molar-refractivity contribution is 9.10. The van der Waals surface area contributed by atoms with E-state index in [4.69, 9.17) is 9.47 Å². The van der Waals surface area contributed by atoms with Crippen molar-refractivity contribution in [2.24, 2.45) is 4.99 Å². The molecule has 0 atom stereocenters. The molecule has 1 heterocycles. The van der Waals surface area contributed by atoms with Crippen molar-refractivity contribution in [2.75, 3.05) is 13.7 Å². The third-order valence-corrected chi connectivity index (χ3v) is 2.85. The fourth-order valence-corrected chi connectivity index (χ4v) is 1.90. The predicted molar refractivity (Wildman–Crippen MR) is 67.3 cm³/mol. The summed E-state index contributed by atoms with van der Waals surface area (Å²) in [7, 11) is 1.64. The van der Waals surface area contributed by atoms with Gasteiger partial charge in [0.15, 0.2) is 0 Å². The Morgan fingerprint density at radius 2 is 2.19 bits per heavy atom. The molecule has 0 unspecified atom stereocenters. The zero-order valence-corrected chi connectivity index (χ0v) is 11.2. The first-order chi connectivity index (χ1) is 7.52. The minimum absolute atomic E-state index is 0.145. The zero-order valence-electron chi connectivity index (χ0n) is 9.58. The number of aliphatic imine (C=N–C) groups is 1. The van der Waals surface area contributed by atoms with Crippen LogP contribution in [0.3, 0.4) is 0 Å². The zero-order chi connectivity index (χ0) is 11.8. The summed E-state index contributed by atoms with van der Waals surface area (Å²) in [4.78, 5) is 4.53. The number of rotatable bonds is 2. The Morgan fingerprint density at radius 1 is 1.44 bits per heavy atom. The molecule has 16 heavy (non-hydrogen) atoms. The van der Waals surface area contributed by atoms with Gasteiger partial charge in [-0.3, -0.25) is 0 Å². The van der Waals surface area contributed by atoms with Gasteiger partial charge in [0.1, 0.15) is 12.4 Å². The van der Waals surface area contributed by atoms with Gasteiger partial charge in [-0.25, -0.2) is 4.99 Å². The largest absolute Gasteiger partial charge is 0.496 e. The maximum atomic E-state index is 5.59. The number of ether oxygens (including phenoxy) is 2. The average molecular weight is 284 g/mol. The molecule has 3 nitrogen and oxygen atoms in total. The molecule has 1 aromatic rings. The predicted octanol–water partition coefficient (Wildman–Crippen LogP) is 3.01. The van der Waals surface area contributed by atoms with Gasteiger partial charge < -0.3 is 9.47 Å². The molecule has 1 aromatic carbocycles. The fraction of sp³-hybridized carbons (Fsp3) is 0.417. The van der Waals surface area contributed by atoms with Crippen LogP contribution in [0.5, 0.6) is 5.75 Å². The highest BCUT2D eigenvalue weighted by Gasteiger charge is 2.28. The molecule has 2 rings (SSSR count). The third kappa shape index (κ3) is 2.21. The maximum absolute atomic E-state index is 5.59. The molecule has 1 aliphatic rings. The lowest BCUT2D eigenvalue weighted by atomic mass is 10.1. The lowest BCUT2D eigenvalue weighted by Gasteiger charge is -2.08. The van der Waals surface area contributed by atoms with Crippen LogP contribution in [-0.4, -0.2) is 25.2 Å². The molecule has 0 fully saturated rings. The van der Waals surface area contributed by atoms with E-state index in [1.54, 1.807) is 7.11 Å². The van der Waals surface area contributed by atoms with E-state index in [9.17, 15) is 0 Å². The van der Waals surface area contributed by atoms with Gasteiger partial charge in [0.05, 0.1) is 18.2 Å². The molecule has 0 radical (unpaired) electrons. The van der Waals surface area contributed by atoms with Gasteiger partial charge in [-0.1, -0.05) is 15.9 Å². The first kappa shape index (κ1) is 11.5. The van der Waals surface area contributed by atoms with E-state index < -0.39 is 0 Å². The van der Waals surface area contributed by atoms with Crippen LogP contribution in [0, 0.1) is 0 Å². The Kier molecular flexibility index (Phi) is 2.93. The van der Waals surface area contributed by atoms with E-state index in [-0.39, 0.29) is 5.54 Å². The van der Waals surface area contributed by atoms with Crippen molar-refractivity contribution < 1.29 is 9.47 Å². The molecule has 0 amide bonds. The molecule has 0 N–H and O–H groups in total. The van der Waals surface area contributed by atoms with E-state index in [1.165, 1.54) is 0 Å². The second kappa shape index (κ2) is 4.09. The highest BCUT2D eigenvalue weighted by Crippen LogP contribution is 2.28. The number of halogens is 1. The van der Waals surface area contributed by atoms with Crippen molar-refractivity contribution in [3.8, 4) is 5.75 Å². The van der Waals surface area contributed by atoms with Crippen molar-refractivity contribution in [3.63, 3.8) is 0 Å². The standard InChI is InChI=1S/C12H14BrNO2/c1-12(2)7-16-11(14-12)9-5-4-8(13)6-10(9)15-3/h4-6H,7H2,1-3H3. The summed E-state index contributed by atoms with van der Waals surface area (Å²) in [5.74, 6) is 1.43. The van der Waals surface area contributed by atoms with Crippen molar-refractivity contribution in [1.82, 2.24) is 0 Å². The number of methoxy groups -OCH3 is 1. The van der Waals surface area contributed by atoms with Crippen LogP contribution in [0.2, 0.25) is 0 Å². The normalized spacial score (nSPS) is 17.9. The van der Waals surface area contributed by atoms with Crippen LogP contribution in [-0.2, 0) is 4.74 Å². The third-order valence-electron chi connectivity index (χ3n) is 2.36. The van der Waals surface area contributed by atoms with E-state index in [2.05, 4.69) is 20.9 Å². The minimum Gasteiger partial charge on any atom is -0.496 e. The van der Waals surface area contributed by atoms with Crippen LogP contribution in [0.4, 0.5) is 0 Å². The van der Waals surface area contributed by atoms with Gasteiger partial charge >= 0.3 is 0 Å². The van der Waals surface area contributed by atoms with Crippen LogP contribution < -0.4 is 4.74 Å². The van der Waals surface area contributed by atoms with Gasteiger partial charge in [0, 0.05) is 4.47 Å². The van der Waals surface area contributed by atoms with E-state index in [0.717, 1.165) is 15.8 Å². The number of hydrogen-bond donors (Lipinski definition) is 0. The molecule has 0 aliphatic carbocycles. The smallest absolute Gasteiger partial charge is 0.220 e. The number of hydrogen-bond acceptors (Lipinski definition) is 3. The topological polar surface area (TPSA) is 30.8 Å². The Morgan fingerprint density at radius 3 is 2.75 bits per heavy atom. The van der Waals surface area contributed by atoms with Crippen LogP contribution >= 0.6 is 15.9 Å². The number of benzene rings is 1. The van der Waals surface area contributed by atoms with Gasteiger partial charge in [0.25, 0.3) is 0 Å². The lowest BCUT2D eigenvalue weighted by Crippen LogP contribution is -2.17. The van der Waals surface area contributed by atoms with E-state index >= 15 is 0 Å².